The minimum atomic E-state index is -0.492. The summed E-state index contributed by atoms with van der Waals surface area (Å²) in [7, 11) is 0. The van der Waals surface area contributed by atoms with Gasteiger partial charge in [0.1, 0.15) is 18.0 Å². The Labute approximate surface area is 215 Å². The summed E-state index contributed by atoms with van der Waals surface area (Å²) >= 11 is 0. The topological polar surface area (TPSA) is 110 Å². The molecule has 3 aromatic rings. The van der Waals surface area contributed by atoms with Crippen LogP contribution in [0.1, 0.15) is 34.5 Å². The molecular formula is C28H31NO8. The van der Waals surface area contributed by atoms with Gasteiger partial charge in [-0.1, -0.05) is 60.7 Å². The van der Waals surface area contributed by atoms with E-state index in [1.54, 1.807) is 0 Å². The lowest BCUT2D eigenvalue weighted by Crippen LogP contribution is -2.17. The molecule has 2 atom stereocenters. The average molecular weight is 510 g/mol. The van der Waals surface area contributed by atoms with E-state index in [1.807, 2.05) is 60.7 Å². The molecule has 1 unspecified atom stereocenters. The fraction of sp³-hybridized carbons (Fsp3) is 0.357. The van der Waals surface area contributed by atoms with Gasteiger partial charge in [-0.3, -0.25) is 10.1 Å². The molecule has 9 nitrogen and oxygen atoms in total. The van der Waals surface area contributed by atoms with E-state index in [9.17, 15) is 15.2 Å². The van der Waals surface area contributed by atoms with Crippen molar-refractivity contribution in [1.29, 1.82) is 0 Å². The lowest BCUT2D eigenvalue weighted by Gasteiger charge is -2.21. The third-order valence-corrected chi connectivity index (χ3v) is 5.97. The van der Waals surface area contributed by atoms with Crippen LogP contribution in [0.25, 0.3) is 0 Å². The second-order valence-corrected chi connectivity index (χ2v) is 8.55. The molecule has 0 radical (unpaired) electrons. The van der Waals surface area contributed by atoms with Crippen molar-refractivity contribution in [2.24, 2.45) is 0 Å². The molecule has 2 bridgehead atoms. The van der Waals surface area contributed by atoms with Crippen molar-refractivity contribution < 1.29 is 33.7 Å². The van der Waals surface area contributed by atoms with E-state index in [0.29, 0.717) is 37.6 Å². The monoisotopic (exact) mass is 509 g/mol. The molecule has 0 aliphatic carbocycles. The lowest BCUT2D eigenvalue weighted by molar-refractivity contribution is -0.385. The Bertz CT molecular complexity index is 1050. The number of phenolic OH excluding ortho intramolecular Hbond substituents is 1. The minimum Gasteiger partial charge on any atom is -0.507 e. The van der Waals surface area contributed by atoms with Crippen LogP contribution in [0.2, 0.25) is 0 Å². The maximum atomic E-state index is 11.6. The van der Waals surface area contributed by atoms with Gasteiger partial charge < -0.3 is 28.8 Å². The summed E-state index contributed by atoms with van der Waals surface area (Å²) in [4.78, 5) is 11.2. The number of non-ortho nitro benzene ring substituents is 1. The maximum absolute atomic E-state index is 11.6. The number of nitrogens with zero attached hydrogens (tertiary/aromatic N) is 1. The molecule has 3 aromatic carbocycles. The van der Waals surface area contributed by atoms with Crippen molar-refractivity contribution in [3.05, 3.63) is 105 Å². The average Bonchev–Trinajstić information content (AvgIpc) is 2.92. The minimum absolute atomic E-state index is 0.0504. The first kappa shape index (κ1) is 26.7. The molecule has 37 heavy (non-hydrogen) atoms. The highest BCUT2D eigenvalue weighted by molar-refractivity contribution is 5.49. The number of rotatable bonds is 3. The van der Waals surface area contributed by atoms with E-state index in [0.717, 1.165) is 11.1 Å². The summed E-state index contributed by atoms with van der Waals surface area (Å²) < 4.78 is 29.4. The maximum Gasteiger partial charge on any atom is 0.270 e. The quantitative estimate of drug-likeness (QED) is 0.393. The number of aromatic hydroxyl groups is 1. The van der Waals surface area contributed by atoms with Crippen LogP contribution in [0.3, 0.4) is 0 Å². The fourth-order valence-corrected chi connectivity index (χ4v) is 3.98. The van der Waals surface area contributed by atoms with Crippen LogP contribution < -0.4 is 0 Å². The van der Waals surface area contributed by atoms with Gasteiger partial charge >= 0.3 is 0 Å². The molecule has 0 aromatic heterocycles. The van der Waals surface area contributed by atoms with Crippen molar-refractivity contribution in [2.45, 2.75) is 25.4 Å². The van der Waals surface area contributed by atoms with Gasteiger partial charge in [0, 0.05) is 23.3 Å². The van der Waals surface area contributed by atoms with E-state index < -0.39 is 17.1 Å². The third kappa shape index (κ3) is 7.82. The van der Waals surface area contributed by atoms with Gasteiger partial charge in [-0.25, -0.2) is 0 Å². The van der Waals surface area contributed by atoms with E-state index in [2.05, 4.69) is 0 Å². The van der Waals surface area contributed by atoms with Gasteiger partial charge in [0.05, 0.1) is 57.8 Å². The zero-order chi connectivity index (χ0) is 25.9. The Morgan fingerprint density at radius 2 is 1.14 bits per heavy atom. The van der Waals surface area contributed by atoms with Crippen molar-refractivity contribution >= 4 is 5.69 Å². The number of ether oxygens (including phenoxy) is 5. The van der Waals surface area contributed by atoms with Crippen LogP contribution in [0.15, 0.2) is 72.8 Å². The molecule has 9 heteroatoms. The molecule has 0 fully saturated rings. The highest BCUT2D eigenvalue weighted by atomic mass is 16.6. The summed E-state index contributed by atoms with van der Waals surface area (Å²) in [5.41, 5.74) is 2.23. The first-order valence-electron chi connectivity index (χ1n) is 12.2. The summed E-state index contributed by atoms with van der Waals surface area (Å²) in [6, 6.07) is 21.7. The van der Waals surface area contributed by atoms with Gasteiger partial charge in [-0.05, 0) is 11.1 Å². The van der Waals surface area contributed by atoms with Crippen LogP contribution in [-0.4, -0.2) is 49.7 Å². The summed E-state index contributed by atoms with van der Waals surface area (Å²) in [5.74, 6) is -0.0967. The number of fused-ring (bicyclic) bond motifs is 2. The standard InChI is InChI=1S/C28H31NO8/c30-28-23-15-25(29(31)32)16-24(28)18-37-27(22-9-5-2-6-10-22)20-35-14-12-33-11-13-34-19-26(36-17-23)21-7-3-1-4-8-21/h1-10,15-16,26-27,30H,11-14,17-20H2/t26-,27?/m1/s1. The molecule has 0 amide bonds. The van der Waals surface area contributed by atoms with E-state index in [-0.39, 0.29) is 37.9 Å². The van der Waals surface area contributed by atoms with E-state index in [4.69, 9.17) is 23.7 Å². The SMILES string of the molecule is O=[N+]([O-])c1cc2c(O)c(c1)CO[C@@H](c1ccccc1)COCCOCCOCC(c1ccccc1)OC2. The number of benzene rings is 3. The Hall–Kier alpha value is -3.34. The van der Waals surface area contributed by atoms with Gasteiger partial charge in [0.15, 0.2) is 0 Å². The Kier molecular flexibility index (Phi) is 9.98. The number of nitro groups is 1. The lowest BCUT2D eigenvalue weighted by atomic mass is 10.1. The highest BCUT2D eigenvalue weighted by Gasteiger charge is 2.21. The third-order valence-electron chi connectivity index (χ3n) is 5.97. The van der Waals surface area contributed by atoms with Crippen molar-refractivity contribution in [3.63, 3.8) is 0 Å². The van der Waals surface area contributed by atoms with Crippen molar-refractivity contribution in [2.75, 3.05) is 39.6 Å². The molecule has 1 heterocycles. The predicted molar refractivity (Wildman–Crippen MR) is 135 cm³/mol. The Morgan fingerprint density at radius 1 is 0.703 bits per heavy atom. The molecule has 1 N–H and O–H groups in total. The number of nitro benzene ring substituents is 1. The van der Waals surface area contributed by atoms with E-state index in [1.165, 1.54) is 12.1 Å². The second-order valence-electron chi connectivity index (χ2n) is 8.55. The molecule has 0 spiro atoms. The van der Waals surface area contributed by atoms with Crippen LogP contribution in [0, 0.1) is 10.1 Å². The highest BCUT2D eigenvalue weighted by Crippen LogP contribution is 2.32. The van der Waals surface area contributed by atoms with Crippen LogP contribution >= 0.6 is 0 Å². The second kappa shape index (κ2) is 13.8. The smallest absolute Gasteiger partial charge is 0.270 e. The molecule has 1 aliphatic rings. The molecule has 4 rings (SSSR count). The molecular weight excluding hydrogens is 478 g/mol. The summed E-state index contributed by atoms with van der Waals surface area (Å²) in [6.45, 7) is 1.96. The Balaban J connectivity index is 1.60. The van der Waals surface area contributed by atoms with Crippen LogP contribution in [-0.2, 0) is 36.9 Å². The van der Waals surface area contributed by atoms with Gasteiger partial charge in [-0.15, -0.1) is 0 Å². The number of hydrogen-bond acceptors (Lipinski definition) is 8. The molecule has 0 saturated carbocycles. The zero-order valence-electron chi connectivity index (χ0n) is 20.5. The van der Waals surface area contributed by atoms with Gasteiger partial charge in [-0.2, -0.15) is 0 Å². The van der Waals surface area contributed by atoms with Crippen molar-refractivity contribution in [3.8, 4) is 5.75 Å². The van der Waals surface area contributed by atoms with Gasteiger partial charge in [0.2, 0.25) is 0 Å². The van der Waals surface area contributed by atoms with Gasteiger partial charge in [0.25, 0.3) is 5.69 Å². The zero-order valence-corrected chi connectivity index (χ0v) is 20.5. The largest absolute Gasteiger partial charge is 0.507 e. The summed E-state index contributed by atoms with van der Waals surface area (Å²) in [6.07, 6.45) is -0.881. The van der Waals surface area contributed by atoms with E-state index >= 15 is 0 Å². The summed E-state index contributed by atoms with van der Waals surface area (Å²) in [5, 5.41) is 22.6. The molecule has 196 valence electrons. The molecule has 0 saturated heterocycles. The Morgan fingerprint density at radius 3 is 1.57 bits per heavy atom. The molecule has 1 aliphatic heterocycles. The number of phenols is 1. The fourth-order valence-electron chi connectivity index (χ4n) is 3.98. The predicted octanol–water partition coefficient (Wildman–Crippen LogP) is 4.88. The number of hydrogen-bond donors (Lipinski definition) is 1. The van der Waals surface area contributed by atoms with Crippen LogP contribution in [0.4, 0.5) is 5.69 Å². The van der Waals surface area contributed by atoms with Crippen LogP contribution in [0.5, 0.6) is 5.75 Å². The first-order chi connectivity index (χ1) is 18.1. The normalized spacial score (nSPS) is 20.4. The first-order valence-corrected chi connectivity index (χ1v) is 12.2. The van der Waals surface area contributed by atoms with Crippen molar-refractivity contribution in [1.82, 2.24) is 0 Å².